The fourth-order valence-corrected chi connectivity index (χ4v) is 3.98. The monoisotopic (exact) mass is 287 g/mol. The van der Waals surface area contributed by atoms with Gasteiger partial charge in [-0.15, -0.1) is 0 Å². The van der Waals surface area contributed by atoms with Crippen molar-refractivity contribution in [3.63, 3.8) is 0 Å². The lowest BCUT2D eigenvalue weighted by molar-refractivity contribution is 0.187. The van der Waals surface area contributed by atoms with E-state index in [-0.39, 0.29) is 11.8 Å². The van der Waals surface area contributed by atoms with Crippen LogP contribution in [0, 0.1) is 6.92 Å². The minimum absolute atomic E-state index is 0.0400. The van der Waals surface area contributed by atoms with Gasteiger partial charge in [-0.05, 0) is 19.8 Å². The predicted octanol–water partition coefficient (Wildman–Crippen LogP) is 0.827. The zero-order valence-corrected chi connectivity index (χ0v) is 12.2. The molecule has 0 saturated carbocycles. The molecule has 6 nitrogen and oxygen atoms in total. The van der Waals surface area contributed by atoms with Gasteiger partial charge in [-0.1, -0.05) is 0 Å². The number of imidazole rings is 1. The first-order valence-electron chi connectivity index (χ1n) is 6.50. The molecule has 0 aliphatic carbocycles. The van der Waals surface area contributed by atoms with Crippen molar-refractivity contribution in [3.8, 4) is 0 Å². The maximum atomic E-state index is 11.6. The van der Waals surface area contributed by atoms with Crippen molar-refractivity contribution in [3.05, 3.63) is 11.9 Å². The Bertz CT molecular complexity index is 524. The lowest BCUT2D eigenvalue weighted by Gasteiger charge is -2.23. The fourth-order valence-electron chi connectivity index (χ4n) is 2.34. The Morgan fingerprint density at radius 3 is 3.05 bits per heavy atom. The number of ether oxygens (including phenoxy) is 1. The molecule has 0 amide bonds. The van der Waals surface area contributed by atoms with Gasteiger partial charge in [-0.25, -0.2) is 13.4 Å². The number of nitrogens with one attached hydrogen (secondary N) is 1. The van der Waals surface area contributed by atoms with Crippen molar-refractivity contribution in [2.24, 2.45) is 0 Å². The first-order chi connectivity index (χ1) is 9.00. The average Bonchev–Trinajstić information content (AvgIpc) is 2.65. The van der Waals surface area contributed by atoms with Crippen molar-refractivity contribution in [2.75, 3.05) is 30.5 Å². The molecule has 2 rings (SSSR count). The van der Waals surface area contributed by atoms with Crippen LogP contribution < -0.4 is 5.32 Å². The van der Waals surface area contributed by atoms with Crippen LogP contribution in [0.25, 0.3) is 0 Å². The number of anilines is 1. The number of aryl methyl sites for hydroxylation is 1. The smallest absolute Gasteiger partial charge is 0.203 e. The van der Waals surface area contributed by atoms with Crippen molar-refractivity contribution < 1.29 is 13.2 Å². The molecule has 1 unspecified atom stereocenters. The Morgan fingerprint density at radius 1 is 1.58 bits per heavy atom. The van der Waals surface area contributed by atoms with Crippen LogP contribution in [0.5, 0.6) is 0 Å². The summed E-state index contributed by atoms with van der Waals surface area (Å²) in [5.74, 6) is 1.24. The van der Waals surface area contributed by atoms with E-state index in [0.717, 1.165) is 24.5 Å². The van der Waals surface area contributed by atoms with E-state index in [1.807, 2.05) is 17.7 Å². The van der Waals surface area contributed by atoms with E-state index in [1.54, 1.807) is 7.11 Å². The molecule has 1 aromatic heterocycles. The van der Waals surface area contributed by atoms with Crippen LogP contribution in [0.2, 0.25) is 0 Å². The van der Waals surface area contributed by atoms with Gasteiger partial charge in [0.15, 0.2) is 9.84 Å². The highest BCUT2D eigenvalue weighted by atomic mass is 32.2. The summed E-state index contributed by atoms with van der Waals surface area (Å²) in [6, 6.07) is -0.0400. The molecule has 1 saturated heterocycles. The number of sulfone groups is 1. The highest BCUT2D eigenvalue weighted by Crippen LogP contribution is 2.17. The Kier molecular flexibility index (Phi) is 4.46. The molecule has 2 heterocycles. The topological polar surface area (TPSA) is 73.2 Å². The molecule has 1 atom stereocenters. The van der Waals surface area contributed by atoms with Gasteiger partial charge in [0.1, 0.15) is 0 Å². The summed E-state index contributed by atoms with van der Waals surface area (Å²) in [5.41, 5.74) is 0.914. The standard InChI is InChI=1S/C12H21N3O3S/c1-10-8-15(5-6-18-2)12(13-10)14-11-4-3-7-19(16,17)9-11/h8,11H,3-7,9H2,1-2H3,(H,13,14). The van der Waals surface area contributed by atoms with E-state index < -0.39 is 9.84 Å². The first-order valence-corrected chi connectivity index (χ1v) is 8.32. The molecule has 1 aliphatic heterocycles. The van der Waals surface area contributed by atoms with E-state index in [9.17, 15) is 8.42 Å². The summed E-state index contributed by atoms with van der Waals surface area (Å²) in [6.07, 6.45) is 3.53. The lowest BCUT2D eigenvalue weighted by atomic mass is 10.2. The van der Waals surface area contributed by atoms with Crippen LogP contribution >= 0.6 is 0 Å². The molecule has 0 spiro atoms. The first kappa shape index (κ1) is 14.3. The lowest BCUT2D eigenvalue weighted by Crippen LogP contribution is -2.35. The van der Waals surface area contributed by atoms with Gasteiger partial charge in [-0.2, -0.15) is 0 Å². The van der Waals surface area contributed by atoms with Gasteiger partial charge in [0.2, 0.25) is 5.95 Å². The van der Waals surface area contributed by atoms with Gasteiger partial charge < -0.3 is 14.6 Å². The zero-order chi connectivity index (χ0) is 13.9. The number of nitrogens with zero attached hydrogens (tertiary/aromatic N) is 2. The molecule has 0 radical (unpaired) electrons. The highest BCUT2D eigenvalue weighted by molar-refractivity contribution is 7.91. The molecule has 0 aromatic carbocycles. The van der Waals surface area contributed by atoms with Crippen LogP contribution in [0.1, 0.15) is 18.5 Å². The Balaban J connectivity index is 2.05. The maximum Gasteiger partial charge on any atom is 0.203 e. The van der Waals surface area contributed by atoms with Gasteiger partial charge in [0, 0.05) is 25.9 Å². The third-order valence-corrected chi connectivity index (χ3v) is 5.05. The van der Waals surface area contributed by atoms with Crippen molar-refractivity contribution in [2.45, 2.75) is 32.4 Å². The van der Waals surface area contributed by atoms with Crippen LogP contribution in [0.4, 0.5) is 5.95 Å². The van der Waals surface area contributed by atoms with Gasteiger partial charge in [0.05, 0.1) is 23.8 Å². The molecule has 108 valence electrons. The largest absolute Gasteiger partial charge is 0.383 e. The second-order valence-electron chi connectivity index (χ2n) is 4.99. The molecule has 1 aliphatic rings. The molecule has 7 heteroatoms. The number of hydrogen-bond donors (Lipinski definition) is 1. The normalized spacial score (nSPS) is 22.3. The minimum atomic E-state index is -2.90. The molecule has 1 aromatic rings. The van der Waals surface area contributed by atoms with E-state index in [1.165, 1.54) is 0 Å². The maximum absolute atomic E-state index is 11.6. The van der Waals surface area contributed by atoms with Crippen LogP contribution in [-0.4, -0.2) is 49.2 Å². The van der Waals surface area contributed by atoms with Gasteiger partial charge in [-0.3, -0.25) is 0 Å². The van der Waals surface area contributed by atoms with Crippen LogP contribution in [0.15, 0.2) is 6.20 Å². The molecule has 19 heavy (non-hydrogen) atoms. The SMILES string of the molecule is COCCn1cc(C)nc1NC1CCCS(=O)(=O)C1. The molecule has 0 bridgehead atoms. The van der Waals surface area contributed by atoms with E-state index in [0.29, 0.717) is 18.9 Å². The number of rotatable bonds is 5. The summed E-state index contributed by atoms with van der Waals surface area (Å²) in [7, 11) is -1.24. The Labute approximate surface area is 114 Å². The average molecular weight is 287 g/mol. The number of hydrogen-bond acceptors (Lipinski definition) is 5. The third kappa shape index (κ3) is 3.94. The summed E-state index contributed by atoms with van der Waals surface area (Å²) >= 11 is 0. The number of methoxy groups -OCH3 is 1. The van der Waals surface area contributed by atoms with Crippen LogP contribution in [-0.2, 0) is 21.1 Å². The van der Waals surface area contributed by atoms with Crippen molar-refractivity contribution in [1.82, 2.24) is 9.55 Å². The van der Waals surface area contributed by atoms with E-state index in [4.69, 9.17) is 4.74 Å². The summed E-state index contributed by atoms with van der Waals surface area (Å²) in [6.45, 7) is 3.23. The highest BCUT2D eigenvalue weighted by Gasteiger charge is 2.25. The third-order valence-electron chi connectivity index (χ3n) is 3.23. The second kappa shape index (κ2) is 5.92. The quantitative estimate of drug-likeness (QED) is 0.868. The van der Waals surface area contributed by atoms with E-state index >= 15 is 0 Å². The number of aromatic nitrogens is 2. The summed E-state index contributed by atoms with van der Waals surface area (Å²) in [4.78, 5) is 4.41. The van der Waals surface area contributed by atoms with E-state index in [2.05, 4.69) is 10.3 Å². The van der Waals surface area contributed by atoms with Crippen molar-refractivity contribution in [1.29, 1.82) is 0 Å². The molecule has 1 fully saturated rings. The van der Waals surface area contributed by atoms with Crippen LogP contribution in [0.3, 0.4) is 0 Å². The summed E-state index contributed by atoms with van der Waals surface area (Å²) in [5, 5.41) is 3.25. The Morgan fingerprint density at radius 2 is 2.37 bits per heavy atom. The zero-order valence-electron chi connectivity index (χ0n) is 11.4. The molecular formula is C12H21N3O3S. The Hall–Kier alpha value is -1.08. The van der Waals surface area contributed by atoms with Gasteiger partial charge >= 0.3 is 0 Å². The van der Waals surface area contributed by atoms with Gasteiger partial charge in [0.25, 0.3) is 0 Å². The second-order valence-corrected chi connectivity index (χ2v) is 7.22. The molecule has 1 N–H and O–H groups in total. The molecular weight excluding hydrogens is 266 g/mol. The fraction of sp³-hybridized carbons (Fsp3) is 0.750. The minimum Gasteiger partial charge on any atom is -0.383 e. The predicted molar refractivity (Wildman–Crippen MR) is 74.1 cm³/mol. The van der Waals surface area contributed by atoms with Crippen molar-refractivity contribution >= 4 is 15.8 Å². The summed E-state index contributed by atoms with van der Waals surface area (Å²) < 4.78 is 30.3.